The fraction of sp³-hybridized carbons (Fsp3) is 0.286. The number of nitrogens with zero attached hydrogens (tertiary/aromatic N) is 2. The molecule has 0 aliphatic rings. The Bertz CT molecular complexity index is 919. The number of pyridine rings is 1. The van der Waals surface area contributed by atoms with Crippen molar-refractivity contribution in [2.75, 3.05) is 18.2 Å². The highest BCUT2D eigenvalue weighted by molar-refractivity contribution is 7.84. The first-order chi connectivity index (χ1) is 12.0. The number of para-hydroxylation sites is 1. The maximum atomic E-state index is 11.6. The maximum absolute atomic E-state index is 11.6. The number of benzene rings is 2. The number of aryl methyl sites for hydroxylation is 1. The van der Waals surface area contributed by atoms with E-state index in [1.165, 1.54) is 22.2 Å². The summed E-state index contributed by atoms with van der Waals surface area (Å²) < 4.78 is 11.6. The van der Waals surface area contributed by atoms with Gasteiger partial charge in [-0.2, -0.15) is 0 Å². The van der Waals surface area contributed by atoms with Crippen LogP contribution in [0.5, 0.6) is 0 Å². The zero-order valence-corrected chi connectivity index (χ0v) is 16.1. The second-order valence-corrected chi connectivity index (χ2v) is 7.73. The molecule has 4 heteroatoms. The van der Waals surface area contributed by atoms with Crippen LogP contribution < -0.4 is 4.90 Å². The van der Waals surface area contributed by atoms with Gasteiger partial charge >= 0.3 is 0 Å². The largest absolute Gasteiger partial charge is 0.369 e. The Morgan fingerprint density at radius 2 is 1.76 bits per heavy atom. The number of fused-ring (bicyclic) bond motifs is 1. The van der Waals surface area contributed by atoms with Gasteiger partial charge in [-0.15, -0.1) is 0 Å². The summed E-state index contributed by atoms with van der Waals surface area (Å²) in [5.41, 5.74) is 5.90. The van der Waals surface area contributed by atoms with Crippen molar-refractivity contribution >= 4 is 27.4 Å². The molecule has 25 heavy (non-hydrogen) atoms. The van der Waals surface area contributed by atoms with Crippen molar-refractivity contribution in [2.45, 2.75) is 31.7 Å². The van der Waals surface area contributed by atoms with Crippen LogP contribution in [0.3, 0.4) is 0 Å². The molecule has 3 aromatic rings. The highest BCUT2D eigenvalue weighted by Crippen LogP contribution is 2.32. The molecule has 0 spiro atoms. The van der Waals surface area contributed by atoms with Crippen LogP contribution in [0, 0.1) is 6.92 Å². The van der Waals surface area contributed by atoms with E-state index in [-0.39, 0.29) is 0 Å². The van der Waals surface area contributed by atoms with E-state index in [9.17, 15) is 4.21 Å². The lowest BCUT2D eigenvalue weighted by atomic mass is 10.0. The molecular weight excluding hydrogens is 328 g/mol. The minimum atomic E-state index is -0.935. The zero-order valence-electron chi connectivity index (χ0n) is 15.2. The quantitative estimate of drug-likeness (QED) is 0.679. The molecule has 0 saturated carbocycles. The summed E-state index contributed by atoms with van der Waals surface area (Å²) in [4.78, 5) is 7.93. The SMILES string of the molecule is CCc1c(C)nc2ccccc2c1N(C)Cc1ccc(S(C)=O)cc1. The molecule has 0 bridgehead atoms. The summed E-state index contributed by atoms with van der Waals surface area (Å²) >= 11 is 0. The molecule has 130 valence electrons. The van der Waals surface area contributed by atoms with Crippen molar-refractivity contribution < 1.29 is 4.21 Å². The number of rotatable bonds is 5. The summed E-state index contributed by atoms with van der Waals surface area (Å²) in [5, 5.41) is 1.19. The fourth-order valence-electron chi connectivity index (χ4n) is 3.35. The molecule has 2 aromatic carbocycles. The minimum absolute atomic E-state index is 0.803. The molecule has 0 fully saturated rings. The van der Waals surface area contributed by atoms with Gasteiger partial charge in [0, 0.05) is 46.6 Å². The zero-order chi connectivity index (χ0) is 18.0. The third-order valence-corrected chi connectivity index (χ3v) is 5.52. The lowest BCUT2D eigenvalue weighted by Crippen LogP contribution is -2.19. The third-order valence-electron chi connectivity index (χ3n) is 4.58. The Morgan fingerprint density at radius 3 is 2.40 bits per heavy atom. The van der Waals surface area contributed by atoms with Gasteiger partial charge in [-0.3, -0.25) is 9.19 Å². The van der Waals surface area contributed by atoms with Crippen molar-refractivity contribution in [1.29, 1.82) is 0 Å². The van der Waals surface area contributed by atoms with E-state index in [1.807, 2.05) is 18.2 Å². The molecule has 0 aliphatic carbocycles. The molecule has 0 saturated heterocycles. The standard InChI is InChI=1S/C21H24N2OS/c1-5-18-15(2)22-20-9-7-6-8-19(20)21(18)23(3)14-16-10-12-17(13-11-16)25(4)24/h6-13H,5,14H2,1-4H3. The Hall–Kier alpha value is -2.20. The average Bonchev–Trinajstić information content (AvgIpc) is 2.60. The minimum Gasteiger partial charge on any atom is -0.369 e. The molecule has 0 N–H and O–H groups in total. The summed E-state index contributed by atoms with van der Waals surface area (Å²) in [5.74, 6) is 0. The van der Waals surface area contributed by atoms with Gasteiger partial charge in [0.15, 0.2) is 0 Å². The van der Waals surface area contributed by atoms with Gasteiger partial charge in [0.2, 0.25) is 0 Å². The third kappa shape index (κ3) is 3.59. The molecule has 0 radical (unpaired) electrons. The van der Waals surface area contributed by atoms with Crippen molar-refractivity contribution in [2.24, 2.45) is 0 Å². The van der Waals surface area contributed by atoms with Crippen LogP contribution in [0.15, 0.2) is 53.4 Å². The van der Waals surface area contributed by atoms with Crippen LogP contribution in [0.2, 0.25) is 0 Å². The average molecular weight is 353 g/mol. The van der Waals surface area contributed by atoms with E-state index in [1.54, 1.807) is 6.26 Å². The molecule has 1 heterocycles. The molecule has 1 atom stereocenters. The van der Waals surface area contributed by atoms with Gasteiger partial charge in [-0.25, -0.2) is 0 Å². The molecule has 0 amide bonds. The van der Waals surface area contributed by atoms with Gasteiger partial charge in [0.1, 0.15) is 0 Å². The molecule has 1 aromatic heterocycles. The van der Waals surface area contributed by atoms with Crippen LogP contribution in [0.4, 0.5) is 5.69 Å². The van der Waals surface area contributed by atoms with Crippen molar-refractivity contribution in [1.82, 2.24) is 4.98 Å². The predicted molar refractivity (Wildman–Crippen MR) is 107 cm³/mol. The lowest BCUT2D eigenvalue weighted by molar-refractivity contribution is 0.687. The van der Waals surface area contributed by atoms with E-state index in [0.29, 0.717) is 0 Å². The van der Waals surface area contributed by atoms with Gasteiger partial charge in [-0.05, 0) is 42.7 Å². The highest BCUT2D eigenvalue weighted by atomic mass is 32.2. The van der Waals surface area contributed by atoms with Gasteiger partial charge in [0.05, 0.1) is 11.2 Å². The van der Waals surface area contributed by atoms with Crippen LogP contribution in [-0.2, 0) is 23.8 Å². The second-order valence-electron chi connectivity index (χ2n) is 6.35. The van der Waals surface area contributed by atoms with E-state index in [4.69, 9.17) is 4.98 Å². The van der Waals surface area contributed by atoms with Crippen LogP contribution in [0.25, 0.3) is 10.9 Å². The normalized spacial score (nSPS) is 12.3. The number of aromatic nitrogens is 1. The van der Waals surface area contributed by atoms with E-state index in [2.05, 4.69) is 56.1 Å². The molecule has 0 aliphatic heterocycles. The van der Waals surface area contributed by atoms with Gasteiger partial charge < -0.3 is 4.90 Å². The monoisotopic (exact) mass is 352 g/mol. The van der Waals surface area contributed by atoms with Crippen molar-refractivity contribution in [3.05, 3.63) is 65.4 Å². The highest BCUT2D eigenvalue weighted by Gasteiger charge is 2.15. The van der Waals surface area contributed by atoms with Crippen LogP contribution in [-0.4, -0.2) is 22.5 Å². The van der Waals surface area contributed by atoms with Gasteiger partial charge in [-0.1, -0.05) is 37.3 Å². The second kappa shape index (κ2) is 7.36. The smallest absolute Gasteiger partial charge is 0.0726 e. The summed E-state index contributed by atoms with van der Waals surface area (Å²) in [6.07, 6.45) is 2.66. The summed E-state index contributed by atoms with van der Waals surface area (Å²) in [6, 6.07) is 16.4. The Morgan fingerprint density at radius 1 is 1.08 bits per heavy atom. The van der Waals surface area contributed by atoms with E-state index < -0.39 is 10.8 Å². The number of anilines is 1. The van der Waals surface area contributed by atoms with Crippen molar-refractivity contribution in [3.8, 4) is 0 Å². The molecular formula is C21H24N2OS. The first-order valence-corrected chi connectivity index (χ1v) is 10.1. The van der Waals surface area contributed by atoms with Crippen molar-refractivity contribution in [3.63, 3.8) is 0 Å². The summed E-state index contributed by atoms with van der Waals surface area (Å²) in [7, 11) is 1.20. The van der Waals surface area contributed by atoms with Gasteiger partial charge in [0.25, 0.3) is 0 Å². The first kappa shape index (κ1) is 17.6. The number of hydrogen-bond acceptors (Lipinski definition) is 3. The maximum Gasteiger partial charge on any atom is 0.0726 e. The Kier molecular flexibility index (Phi) is 5.19. The molecule has 3 nitrogen and oxygen atoms in total. The van der Waals surface area contributed by atoms with Crippen LogP contribution in [0.1, 0.15) is 23.7 Å². The molecule has 3 rings (SSSR count). The van der Waals surface area contributed by atoms with Crippen LogP contribution >= 0.6 is 0 Å². The Balaban J connectivity index is 2.01. The predicted octanol–water partition coefficient (Wildman–Crippen LogP) is 4.48. The molecule has 1 unspecified atom stereocenters. The Labute approximate surface area is 152 Å². The fourth-order valence-corrected chi connectivity index (χ4v) is 3.87. The first-order valence-electron chi connectivity index (χ1n) is 8.53. The summed E-state index contributed by atoms with van der Waals surface area (Å²) in [6.45, 7) is 5.08. The number of hydrogen-bond donors (Lipinski definition) is 0. The topological polar surface area (TPSA) is 33.2 Å². The van der Waals surface area contributed by atoms with E-state index in [0.717, 1.165) is 29.1 Å². The van der Waals surface area contributed by atoms with E-state index >= 15 is 0 Å². The lowest BCUT2D eigenvalue weighted by Gasteiger charge is -2.25.